The highest BCUT2D eigenvalue weighted by atomic mass is 16.5. The van der Waals surface area contributed by atoms with Crippen molar-refractivity contribution in [2.75, 3.05) is 7.11 Å². The van der Waals surface area contributed by atoms with Crippen molar-refractivity contribution >= 4 is 5.97 Å². The van der Waals surface area contributed by atoms with Gasteiger partial charge < -0.3 is 4.74 Å². The zero-order valence-electron chi connectivity index (χ0n) is 17.8. The number of rotatable bonds is 18. The topological polar surface area (TPSA) is 26.3 Å². The molecule has 0 aromatic carbocycles. The Bertz CT molecular complexity index is 286. The van der Waals surface area contributed by atoms with Gasteiger partial charge in [0.05, 0.1) is 13.0 Å². The third-order valence-corrected chi connectivity index (χ3v) is 5.20. The summed E-state index contributed by atoms with van der Waals surface area (Å²) in [6, 6.07) is 0. The molecule has 0 saturated carbocycles. The fourth-order valence-electron chi connectivity index (χ4n) is 3.65. The molecular weight excluding hydrogens is 308 g/mol. The molecule has 2 nitrogen and oxygen atoms in total. The Hall–Kier alpha value is -0.530. The van der Waals surface area contributed by atoms with Crippen LogP contribution in [0.2, 0.25) is 0 Å². The van der Waals surface area contributed by atoms with Crippen molar-refractivity contribution in [1.29, 1.82) is 0 Å². The third-order valence-electron chi connectivity index (χ3n) is 5.20. The van der Waals surface area contributed by atoms with Crippen molar-refractivity contribution in [2.45, 2.75) is 124 Å². The quantitative estimate of drug-likeness (QED) is 0.186. The summed E-state index contributed by atoms with van der Waals surface area (Å²) in [5.74, 6) is 0.668. The van der Waals surface area contributed by atoms with Crippen LogP contribution in [0.25, 0.3) is 0 Å². The summed E-state index contributed by atoms with van der Waals surface area (Å²) in [5.41, 5.74) is 0. The lowest BCUT2D eigenvalue weighted by Crippen LogP contribution is -2.18. The largest absolute Gasteiger partial charge is 0.469 e. The lowest BCUT2D eigenvalue weighted by molar-refractivity contribution is -0.146. The van der Waals surface area contributed by atoms with Crippen molar-refractivity contribution in [3.63, 3.8) is 0 Å². The minimum Gasteiger partial charge on any atom is -0.469 e. The predicted molar refractivity (Wildman–Crippen MR) is 110 cm³/mol. The van der Waals surface area contributed by atoms with Crippen molar-refractivity contribution < 1.29 is 9.53 Å². The molecule has 0 rings (SSSR count). The summed E-state index contributed by atoms with van der Waals surface area (Å²) in [7, 11) is 1.51. The van der Waals surface area contributed by atoms with E-state index >= 15 is 0 Å². The van der Waals surface area contributed by atoms with Crippen LogP contribution < -0.4 is 0 Å². The second-order valence-electron chi connectivity index (χ2n) is 8.23. The fourth-order valence-corrected chi connectivity index (χ4v) is 3.65. The third kappa shape index (κ3) is 16.7. The summed E-state index contributed by atoms with van der Waals surface area (Å²) < 4.78 is 4.94. The van der Waals surface area contributed by atoms with Gasteiger partial charge in [0.25, 0.3) is 0 Å². The molecule has 150 valence electrons. The number of esters is 1. The smallest absolute Gasteiger partial charge is 0.308 e. The van der Waals surface area contributed by atoms with E-state index in [-0.39, 0.29) is 11.9 Å². The van der Waals surface area contributed by atoms with Gasteiger partial charge in [-0.3, -0.25) is 4.79 Å². The molecule has 2 heteroatoms. The van der Waals surface area contributed by atoms with Gasteiger partial charge in [0.15, 0.2) is 0 Å². The minimum absolute atomic E-state index is 0.0107. The molecule has 0 aromatic rings. The standard InChI is InChI=1S/C23H46O2/c1-5-6-7-8-9-10-11-12-13-14-15-16-17-18-19-22(20-21(2)3)23(24)25-4/h21-22H,5-20H2,1-4H3. The molecule has 0 amide bonds. The molecule has 0 heterocycles. The van der Waals surface area contributed by atoms with E-state index in [1.165, 1.54) is 97.0 Å². The number of hydrogen-bond donors (Lipinski definition) is 0. The second kappa shape index (κ2) is 18.3. The predicted octanol–water partition coefficient (Wildman–Crippen LogP) is 7.69. The van der Waals surface area contributed by atoms with Gasteiger partial charge in [-0.1, -0.05) is 111 Å². The molecule has 0 N–H and O–H groups in total. The molecule has 0 radical (unpaired) electrons. The lowest BCUT2D eigenvalue weighted by atomic mass is 9.92. The Morgan fingerprint density at radius 2 is 1.12 bits per heavy atom. The molecule has 0 aliphatic carbocycles. The molecule has 0 aromatic heterocycles. The number of hydrogen-bond acceptors (Lipinski definition) is 2. The van der Waals surface area contributed by atoms with Gasteiger partial charge in [0.2, 0.25) is 0 Å². The molecule has 25 heavy (non-hydrogen) atoms. The average Bonchev–Trinajstić information content (AvgIpc) is 2.60. The number of ether oxygens (including phenoxy) is 1. The maximum atomic E-state index is 11.8. The monoisotopic (exact) mass is 354 g/mol. The van der Waals surface area contributed by atoms with Crippen LogP contribution in [0.4, 0.5) is 0 Å². The Kier molecular flexibility index (Phi) is 17.9. The van der Waals surface area contributed by atoms with Crippen molar-refractivity contribution in [3.8, 4) is 0 Å². The Balaban J connectivity index is 3.38. The van der Waals surface area contributed by atoms with E-state index < -0.39 is 0 Å². The normalized spacial score (nSPS) is 12.5. The highest BCUT2D eigenvalue weighted by molar-refractivity contribution is 5.72. The van der Waals surface area contributed by atoms with E-state index in [9.17, 15) is 4.79 Å². The molecule has 0 fully saturated rings. The van der Waals surface area contributed by atoms with Crippen molar-refractivity contribution in [1.82, 2.24) is 0 Å². The van der Waals surface area contributed by atoms with Crippen molar-refractivity contribution in [3.05, 3.63) is 0 Å². The number of unbranched alkanes of at least 4 members (excludes halogenated alkanes) is 13. The summed E-state index contributed by atoms with van der Waals surface area (Å²) >= 11 is 0. The van der Waals surface area contributed by atoms with Crippen LogP contribution >= 0.6 is 0 Å². The van der Waals surface area contributed by atoms with Crippen LogP contribution in [0.3, 0.4) is 0 Å². The average molecular weight is 355 g/mol. The van der Waals surface area contributed by atoms with Crippen LogP contribution in [0.15, 0.2) is 0 Å². The minimum atomic E-state index is -0.0107. The maximum Gasteiger partial charge on any atom is 0.308 e. The first-order valence-electron chi connectivity index (χ1n) is 11.2. The molecule has 0 spiro atoms. The summed E-state index contributed by atoms with van der Waals surface area (Å²) in [6.45, 7) is 6.64. The van der Waals surface area contributed by atoms with E-state index in [1.807, 2.05) is 0 Å². The Morgan fingerprint density at radius 1 is 0.720 bits per heavy atom. The SMILES string of the molecule is CCCCCCCCCCCCCCCCC(CC(C)C)C(=O)OC. The van der Waals surface area contributed by atoms with Crippen LogP contribution in [0.5, 0.6) is 0 Å². The first kappa shape index (κ1) is 24.5. The molecule has 1 unspecified atom stereocenters. The van der Waals surface area contributed by atoms with Gasteiger partial charge in [-0.2, -0.15) is 0 Å². The highest BCUT2D eigenvalue weighted by Gasteiger charge is 2.19. The summed E-state index contributed by atoms with van der Waals surface area (Å²) in [6.07, 6.45) is 21.3. The van der Waals surface area contributed by atoms with Gasteiger partial charge in [0, 0.05) is 0 Å². The second-order valence-corrected chi connectivity index (χ2v) is 8.23. The Morgan fingerprint density at radius 3 is 1.48 bits per heavy atom. The zero-order valence-corrected chi connectivity index (χ0v) is 17.8. The van der Waals surface area contributed by atoms with Crippen LogP contribution in [-0.4, -0.2) is 13.1 Å². The zero-order chi connectivity index (χ0) is 18.8. The molecule has 0 aliphatic heterocycles. The van der Waals surface area contributed by atoms with Gasteiger partial charge in [-0.05, 0) is 18.8 Å². The molecule has 0 bridgehead atoms. The molecule has 0 aliphatic rings. The van der Waals surface area contributed by atoms with Gasteiger partial charge >= 0.3 is 5.97 Å². The van der Waals surface area contributed by atoms with E-state index in [2.05, 4.69) is 20.8 Å². The van der Waals surface area contributed by atoms with Crippen molar-refractivity contribution in [2.24, 2.45) is 11.8 Å². The Labute approximate surface area is 158 Å². The highest BCUT2D eigenvalue weighted by Crippen LogP contribution is 2.21. The fraction of sp³-hybridized carbons (Fsp3) is 0.957. The van der Waals surface area contributed by atoms with Gasteiger partial charge in [0.1, 0.15) is 0 Å². The summed E-state index contributed by atoms with van der Waals surface area (Å²) in [5, 5.41) is 0. The first-order chi connectivity index (χ1) is 12.1. The van der Waals surface area contributed by atoms with E-state index in [1.54, 1.807) is 0 Å². The number of carbonyl (C=O) groups is 1. The molecular formula is C23H46O2. The summed E-state index contributed by atoms with van der Waals surface area (Å²) in [4.78, 5) is 11.8. The number of carbonyl (C=O) groups excluding carboxylic acids is 1. The van der Waals surface area contributed by atoms with E-state index in [4.69, 9.17) is 4.74 Å². The van der Waals surface area contributed by atoms with Crippen LogP contribution in [-0.2, 0) is 9.53 Å². The van der Waals surface area contributed by atoms with Gasteiger partial charge in [-0.15, -0.1) is 0 Å². The van der Waals surface area contributed by atoms with E-state index in [0.717, 1.165) is 12.8 Å². The molecule has 1 atom stereocenters. The first-order valence-corrected chi connectivity index (χ1v) is 11.2. The number of methoxy groups -OCH3 is 1. The van der Waals surface area contributed by atoms with Crippen LogP contribution in [0.1, 0.15) is 124 Å². The lowest BCUT2D eigenvalue weighted by Gasteiger charge is -2.16. The van der Waals surface area contributed by atoms with Gasteiger partial charge in [-0.25, -0.2) is 0 Å². The molecule has 0 saturated heterocycles. The van der Waals surface area contributed by atoms with Crippen LogP contribution in [0, 0.1) is 11.8 Å². The maximum absolute atomic E-state index is 11.8. The van der Waals surface area contributed by atoms with E-state index in [0.29, 0.717) is 5.92 Å².